The van der Waals surface area contributed by atoms with E-state index < -0.39 is 14.6 Å². The number of nitrogen functional groups attached to an aromatic ring is 1. The molecular weight excluding hydrogens is 318 g/mol. The maximum atomic E-state index is 11.9. The van der Waals surface area contributed by atoms with Gasteiger partial charge in [0.05, 0.1) is 15.0 Å². The lowest BCUT2D eigenvalue weighted by atomic mass is 10.3. The highest BCUT2D eigenvalue weighted by atomic mass is 79.9. The Hall–Kier alpha value is -0.750. The summed E-state index contributed by atoms with van der Waals surface area (Å²) in [5.74, 6) is 0.539. The van der Waals surface area contributed by atoms with Gasteiger partial charge >= 0.3 is 0 Å². The number of hydrogen-bond acceptors (Lipinski definition) is 4. The molecule has 4 nitrogen and oxygen atoms in total. The number of ether oxygens (including phenoxy) is 1. The zero-order valence-corrected chi connectivity index (χ0v) is 13.1. The molecule has 0 bridgehead atoms. The fourth-order valence-electron chi connectivity index (χ4n) is 1.21. The van der Waals surface area contributed by atoms with Crippen molar-refractivity contribution in [1.82, 2.24) is 0 Å². The highest BCUT2D eigenvalue weighted by Crippen LogP contribution is 2.30. The Morgan fingerprint density at radius 2 is 1.94 bits per heavy atom. The summed E-state index contributed by atoms with van der Waals surface area (Å²) in [6.07, 6.45) is 0. The van der Waals surface area contributed by atoms with Gasteiger partial charge in [0.25, 0.3) is 0 Å². The molecule has 0 aliphatic carbocycles. The van der Waals surface area contributed by atoms with E-state index in [0.717, 1.165) is 0 Å². The zero-order valence-electron chi connectivity index (χ0n) is 10.7. The van der Waals surface area contributed by atoms with Gasteiger partial charge in [0.15, 0.2) is 9.84 Å². The average molecular weight is 336 g/mol. The third-order valence-corrected chi connectivity index (χ3v) is 5.95. The van der Waals surface area contributed by atoms with Crippen molar-refractivity contribution in [2.75, 3.05) is 18.1 Å². The first-order chi connectivity index (χ1) is 8.15. The van der Waals surface area contributed by atoms with E-state index in [9.17, 15) is 8.42 Å². The second-order valence-corrected chi connectivity index (χ2v) is 8.59. The summed E-state index contributed by atoms with van der Waals surface area (Å²) < 4.78 is 29.1. The van der Waals surface area contributed by atoms with Gasteiger partial charge in [0.2, 0.25) is 0 Å². The van der Waals surface area contributed by atoms with Crippen LogP contribution in [-0.2, 0) is 9.84 Å². The van der Waals surface area contributed by atoms with Crippen LogP contribution in [0.4, 0.5) is 5.69 Å². The number of rotatable bonds is 4. The number of nitrogens with two attached hydrogens (primary N) is 1. The average Bonchev–Trinajstić information content (AvgIpc) is 2.22. The van der Waals surface area contributed by atoms with E-state index in [4.69, 9.17) is 10.5 Å². The van der Waals surface area contributed by atoms with Crippen molar-refractivity contribution in [3.63, 3.8) is 0 Å². The summed E-state index contributed by atoms with van der Waals surface area (Å²) in [4.78, 5) is 0. The summed E-state index contributed by atoms with van der Waals surface area (Å²) in [5.41, 5.74) is 6.26. The van der Waals surface area contributed by atoms with E-state index in [1.165, 1.54) is 0 Å². The molecule has 0 aliphatic heterocycles. The van der Waals surface area contributed by atoms with Crippen molar-refractivity contribution < 1.29 is 13.2 Å². The molecule has 0 amide bonds. The third kappa shape index (κ3) is 3.62. The van der Waals surface area contributed by atoms with Crippen molar-refractivity contribution in [2.24, 2.45) is 0 Å². The van der Waals surface area contributed by atoms with Crippen LogP contribution >= 0.6 is 15.9 Å². The first kappa shape index (κ1) is 15.3. The lowest BCUT2D eigenvalue weighted by molar-refractivity contribution is 0.338. The maximum absolute atomic E-state index is 11.9. The molecule has 1 rings (SSSR count). The molecule has 0 atom stereocenters. The van der Waals surface area contributed by atoms with E-state index in [1.54, 1.807) is 39.0 Å². The van der Waals surface area contributed by atoms with Crippen molar-refractivity contribution in [3.8, 4) is 5.75 Å². The van der Waals surface area contributed by atoms with Crippen molar-refractivity contribution in [3.05, 3.63) is 22.7 Å². The topological polar surface area (TPSA) is 69.4 Å². The van der Waals surface area contributed by atoms with Crippen LogP contribution in [0.25, 0.3) is 0 Å². The van der Waals surface area contributed by atoms with Gasteiger partial charge in [-0.1, -0.05) is 6.07 Å². The molecule has 1 aromatic rings. The SMILES string of the molecule is CC(C)(C)S(=O)(=O)CCOc1cccc(N)c1Br. The monoisotopic (exact) mass is 335 g/mol. The molecule has 0 fully saturated rings. The fraction of sp³-hybridized carbons (Fsp3) is 0.500. The molecule has 0 heterocycles. The van der Waals surface area contributed by atoms with Crippen LogP contribution in [0.15, 0.2) is 22.7 Å². The Morgan fingerprint density at radius 3 is 2.50 bits per heavy atom. The zero-order chi connectivity index (χ0) is 14.0. The minimum atomic E-state index is -3.16. The lowest BCUT2D eigenvalue weighted by Gasteiger charge is -2.19. The highest BCUT2D eigenvalue weighted by Gasteiger charge is 2.28. The highest BCUT2D eigenvalue weighted by molar-refractivity contribution is 9.10. The number of hydrogen-bond donors (Lipinski definition) is 1. The Labute approximate surface area is 117 Å². The summed E-state index contributed by atoms with van der Waals surface area (Å²) in [5, 5.41) is 0. The van der Waals surface area contributed by atoms with E-state index in [0.29, 0.717) is 15.9 Å². The first-order valence-electron chi connectivity index (χ1n) is 5.54. The van der Waals surface area contributed by atoms with Crippen molar-refractivity contribution in [2.45, 2.75) is 25.5 Å². The Morgan fingerprint density at radius 1 is 1.33 bits per heavy atom. The summed E-state index contributed by atoms with van der Waals surface area (Å²) in [7, 11) is -3.16. The van der Waals surface area contributed by atoms with E-state index in [2.05, 4.69) is 15.9 Å². The molecule has 0 aliphatic rings. The van der Waals surface area contributed by atoms with Gasteiger partial charge in [-0.15, -0.1) is 0 Å². The second-order valence-electron chi connectivity index (χ2n) is 4.94. The van der Waals surface area contributed by atoms with Gasteiger partial charge in [-0.25, -0.2) is 8.42 Å². The third-order valence-electron chi connectivity index (χ3n) is 2.54. The van der Waals surface area contributed by atoms with Crippen LogP contribution in [-0.4, -0.2) is 25.5 Å². The van der Waals surface area contributed by atoms with Crippen LogP contribution < -0.4 is 10.5 Å². The van der Waals surface area contributed by atoms with Crippen molar-refractivity contribution in [1.29, 1.82) is 0 Å². The predicted octanol–water partition coefficient (Wildman–Crippen LogP) is 2.62. The summed E-state index contributed by atoms with van der Waals surface area (Å²) >= 11 is 3.30. The van der Waals surface area contributed by atoms with Crippen LogP contribution in [0, 0.1) is 0 Å². The molecule has 0 saturated carbocycles. The largest absolute Gasteiger partial charge is 0.491 e. The minimum absolute atomic E-state index is 0.0161. The van der Waals surface area contributed by atoms with Crippen molar-refractivity contribution >= 4 is 31.5 Å². The fourth-order valence-corrected chi connectivity index (χ4v) is 2.50. The molecule has 1 aromatic carbocycles. The molecule has 18 heavy (non-hydrogen) atoms. The number of sulfone groups is 1. The molecule has 0 saturated heterocycles. The summed E-state index contributed by atoms with van der Waals surface area (Å²) in [6, 6.07) is 5.24. The molecule has 0 unspecified atom stereocenters. The Kier molecular flexibility index (Phi) is 4.66. The van der Waals surface area contributed by atoms with Gasteiger partial charge in [-0.2, -0.15) is 0 Å². The molecule has 0 radical (unpaired) electrons. The smallest absolute Gasteiger partial charge is 0.158 e. The molecule has 102 valence electrons. The van der Waals surface area contributed by atoms with Gasteiger partial charge in [0, 0.05) is 5.69 Å². The minimum Gasteiger partial charge on any atom is -0.491 e. The standard InChI is InChI=1S/C12H18BrNO3S/c1-12(2,3)18(15,16)8-7-17-10-6-4-5-9(14)11(10)13/h4-6H,7-8,14H2,1-3H3. The van der Waals surface area contributed by atoms with Crippen LogP contribution in [0.3, 0.4) is 0 Å². The predicted molar refractivity (Wildman–Crippen MR) is 77.6 cm³/mol. The molecule has 6 heteroatoms. The first-order valence-corrected chi connectivity index (χ1v) is 7.99. The van der Waals surface area contributed by atoms with Gasteiger partial charge in [-0.3, -0.25) is 0 Å². The molecule has 0 aromatic heterocycles. The lowest BCUT2D eigenvalue weighted by Crippen LogP contribution is -2.32. The number of halogens is 1. The Bertz CT molecular complexity index is 521. The maximum Gasteiger partial charge on any atom is 0.158 e. The number of benzene rings is 1. The number of anilines is 1. The molecule has 0 spiro atoms. The van der Waals surface area contributed by atoms with E-state index in [1.807, 2.05) is 0 Å². The summed E-state index contributed by atoms with van der Waals surface area (Å²) in [6.45, 7) is 5.15. The normalized spacial score (nSPS) is 12.4. The van der Waals surface area contributed by atoms with Crippen LogP contribution in [0.2, 0.25) is 0 Å². The molecular formula is C12H18BrNO3S. The van der Waals surface area contributed by atoms with Crippen LogP contribution in [0.1, 0.15) is 20.8 Å². The van der Waals surface area contributed by atoms with Gasteiger partial charge in [0.1, 0.15) is 12.4 Å². The van der Waals surface area contributed by atoms with Crippen LogP contribution in [0.5, 0.6) is 5.75 Å². The molecule has 2 N–H and O–H groups in total. The van der Waals surface area contributed by atoms with Gasteiger partial charge in [-0.05, 0) is 48.8 Å². The second kappa shape index (κ2) is 5.48. The quantitative estimate of drug-likeness (QED) is 0.858. The Balaban J connectivity index is 2.66. The van der Waals surface area contributed by atoms with E-state index >= 15 is 0 Å². The van der Waals surface area contributed by atoms with E-state index in [-0.39, 0.29) is 12.4 Å². The van der Waals surface area contributed by atoms with Gasteiger partial charge < -0.3 is 10.5 Å².